The minimum Gasteiger partial charge on any atom is -0.475 e. The molecule has 168 valence electrons. The lowest BCUT2D eigenvalue weighted by atomic mass is 9.77. The normalized spacial score (nSPS) is 27.2. The van der Waals surface area contributed by atoms with Crippen LogP contribution in [0.1, 0.15) is 37.9 Å². The van der Waals surface area contributed by atoms with Crippen LogP contribution in [0.5, 0.6) is 0 Å². The van der Waals surface area contributed by atoms with Gasteiger partial charge in [-0.3, -0.25) is 9.69 Å². The van der Waals surface area contributed by atoms with E-state index < -0.39 is 12.1 Å². The summed E-state index contributed by atoms with van der Waals surface area (Å²) >= 11 is 0. The fraction of sp³-hybridized carbons (Fsp3) is 0.700. The van der Waals surface area contributed by atoms with Crippen molar-refractivity contribution >= 4 is 11.9 Å². The smallest absolute Gasteiger partial charge is 0.475 e. The fourth-order valence-electron chi connectivity index (χ4n) is 4.27. The van der Waals surface area contributed by atoms with Crippen LogP contribution in [-0.2, 0) is 20.9 Å². The van der Waals surface area contributed by atoms with E-state index in [1.54, 1.807) is 6.26 Å². The first-order chi connectivity index (χ1) is 14.3. The van der Waals surface area contributed by atoms with Crippen molar-refractivity contribution < 1.29 is 37.0 Å². The zero-order valence-corrected chi connectivity index (χ0v) is 16.6. The molecule has 0 spiro atoms. The molecule has 3 heterocycles. The largest absolute Gasteiger partial charge is 0.490 e. The average Bonchev–Trinajstić information content (AvgIpc) is 3.17. The van der Waals surface area contributed by atoms with E-state index in [2.05, 4.69) is 10.2 Å². The van der Waals surface area contributed by atoms with Crippen molar-refractivity contribution in [1.82, 2.24) is 10.2 Å². The van der Waals surface area contributed by atoms with Gasteiger partial charge in [0.05, 0.1) is 18.9 Å². The van der Waals surface area contributed by atoms with Gasteiger partial charge in [-0.2, -0.15) is 13.2 Å². The molecule has 1 aromatic heterocycles. The number of likely N-dealkylation sites (tertiary alicyclic amines) is 1. The van der Waals surface area contributed by atoms with Crippen molar-refractivity contribution in [3.63, 3.8) is 0 Å². The topological polar surface area (TPSA) is 92.0 Å². The molecule has 30 heavy (non-hydrogen) atoms. The highest BCUT2D eigenvalue weighted by Gasteiger charge is 2.43. The van der Waals surface area contributed by atoms with Crippen LogP contribution in [0.3, 0.4) is 0 Å². The molecule has 2 aliphatic heterocycles. The number of hydrogen-bond acceptors (Lipinski definition) is 5. The summed E-state index contributed by atoms with van der Waals surface area (Å²) in [5, 5.41) is 10.2. The van der Waals surface area contributed by atoms with Crippen molar-refractivity contribution in [3.05, 3.63) is 24.2 Å². The van der Waals surface area contributed by atoms with Gasteiger partial charge in [0.2, 0.25) is 5.91 Å². The van der Waals surface area contributed by atoms with Crippen LogP contribution in [-0.4, -0.2) is 59.9 Å². The Hall–Kier alpha value is -2.07. The van der Waals surface area contributed by atoms with Gasteiger partial charge < -0.3 is 19.6 Å². The number of halogens is 3. The number of carbonyl (C=O) groups is 2. The highest BCUT2D eigenvalue weighted by atomic mass is 19.4. The second-order valence-electron chi connectivity index (χ2n) is 7.94. The standard InChI is InChI=1S/C18H26N2O3.C2HF3O2/c21-18(19-11-14-5-2-9-22-14)15-7-10-23-17-6-8-20(12-16(15)17)13-3-1-4-13;3-2(4,5)1(6)7/h2,5,9,13,15-17H,1,3-4,6-8,10-12H2,(H,19,21);(H,6,7)/t15-,16+,17-;/m1./s1. The van der Waals surface area contributed by atoms with Crippen molar-refractivity contribution in [1.29, 1.82) is 0 Å². The van der Waals surface area contributed by atoms with E-state index in [4.69, 9.17) is 19.1 Å². The Balaban J connectivity index is 0.000000318. The minimum absolute atomic E-state index is 0.0755. The summed E-state index contributed by atoms with van der Waals surface area (Å²) in [4.78, 5) is 24.2. The molecule has 2 N–H and O–H groups in total. The van der Waals surface area contributed by atoms with E-state index in [1.165, 1.54) is 19.3 Å². The Morgan fingerprint density at radius 2 is 1.97 bits per heavy atom. The molecule has 0 unspecified atom stereocenters. The number of rotatable bonds is 4. The summed E-state index contributed by atoms with van der Waals surface area (Å²) < 4.78 is 43.0. The van der Waals surface area contributed by atoms with Crippen LogP contribution in [0.25, 0.3) is 0 Å². The number of fused-ring (bicyclic) bond motifs is 1. The number of carbonyl (C=O) groups excluding carboxylic acids is 1. The first-order valence-electron chi connectivity index (χ1n) is 10.2. The molecule has 3 fully saturated rings. The Morgan fingerprint density at radius 3 is 2.53 bits per heavy atom. The zero-order chi connectivity index (χ0) is 21.7. The molecule has 3 atom stereocenters. The number of carboxylic acid groups (broad SMARTS) is 1. The lowest BCUT2D eigenvalue weighted by Crippen LogP contribution is -2.56. The minimum atomic E-state index is -5.08. The van der Waals surface area contributed by atoms with Crippen molar-refractivity contribution in [2.75, 3.05) is 19.7 Å². The third-order valence-electron chi connectivity index (χ3n) is 6.09. The second kappa shape index (κ2) is 9.82. The van der Waals surface area contributed by atoms with E-state index in [-0.39, 0.29) is 17.9 Å². The van der Waals surface area contributed by atoms with Crippen LogP contribution in [0.4, 0.5) is 13.2 Å². The Labute approximate surface area is 172 Å². The maximum absolute atomic E-state index is 12.7. The van der Waals surface area contributed by atoms with Crippen molar-refractivity contribution in [2.24, 2.45) is 11.8 Å². The summed E-state index contributed by atoms with van der Waals surface area (Å²) in [6, 6.07) is 4.50. The van der Waals surface area contributed by atoms with E-state index in [0.29, 0.717) is 19.1 Å². The van der Waals surface area contributed by atoms with Gasteiger partial charge in [0, 0.05) is 37.6 Å². The van der Waals surface area contributed by atoms with Crippen LogP contribution in [0, 0.1) is 11.8 Å². The average molecular weight is 432 g/mol. The van der Waals surface area contributed by atoms with E-state index in [0.717, 1.165) is 37.7 Å². The van der Waals surface area contributed by atoms with Gasteiger partial charge in [0.25, 0.3) is 0 Å². The predicted octanol–water partition coefficient (Wildman–Crippen LogP) is 2.81. The Morgan fingerprint density at radius 1 is 1.23 bits per heavy atom. The summed E-state index contributed by atoms with van der Waals surface area (Å²) in [5.41, 5.74) is 0. The summed E-state index contributed by atoms with van der Waals surface area (Å²) in [7, 11) is 0. The molecule has 1 amide bonds. The van der Waals surface area contributed by atoms with Gasteiger partial charge in [0.1, 0.15) is 5.76 Å². The first-order valence-corrected chi connectivity index (χ1v) is 10.2. The molecule has 0 radical (unpaired) electrons. The fourth-order valence-corrected chi connectivity index (χ4v) is 4.27. The summed E-state index contributed by atoms with van der Waals surface area (Å²) in [6.45, 7) is 3.34. The number of ether oxygens (including phenoxy) is 1. The number of carboxylic acids is 1. The Bertz CT molecular complexity index is 706. The maximum Gasteiger partial charge on any atom is 0.490 e. The molecule has 1 saturated carbocycles. The van der Waals surface area contributed by atoms with Crippen LogP contribution in [0.2, 0.25) is 0 Å². The van der Waals surface area contributed by atoms with Gasteiger partial charge in [-0.05, 0) is 37.8 Å². The second-order valence-corrected chi connectivity index (χ2v) is 7.94. The van der Waals surface area contributed by atoms with Crippen LogP contribution in [0.15, 0.2) is 22.8 Å². The van der Waals surface area contributed by atoms with Crippen molar-refractivity contribution in [2.45, 2.75) is 57.0 Å². The van der Waals surface area contributed by atoms with Crippen molar-refractivity contribution in [3.8, 4) is 0 Å². The van der Waals surface area contributed by atoms with Gasteiger partial charge in [-0.1, -0.05) is 6.42 Å². The lowest BCUT2D eigenvalue weighted by molar-refractivity contribution is -0.192. The Kier molecular flexibility index (Phi) is 7.41. The molecule has 7 nitrogen and oxygen atoms in total. The molecule has 2 saturated heterocycles. The van der Waals surface area contributed by atoms with Gasteiger partial charge in [-0.15, -0.1) is 0 Å². The summed E-state index contributed by atoms with van der Waals surface area (Å²) in [5.74, 6) is -1.37. The molecule has 1 aromatic rings. The molecule has 10 heteroatoms. The molecule has 0 aromatic carbocycles. The number of nitrogens with one attached hydrogen (secondary N) is 1. The summed E-state index contributed by atoms with van der Waals surface area (Å²) in [6.07, 6.45) is 2.75. The van der Waals surface area contributed by atoms with E-state index in [9.17, 15) is 18.0 Å². The highest BCUT2D eigenvalue weighted by molar-refractivity contribution is 5.79. The predicted molar refractivity (Wildman–Crippen MR) is 99.4 cm³/mol. The first kappa shape index (κ1) is 22.6. The maximum atomic E-state index is 12.7. The number of hydrogen-bond donors (Lipinski definition) is 2. The number of furan rings is 1. The SMILES string of the molecule is O=C(NCc1ccco1)[C@@H]1CCO[C@@H]2CCN(C3CCC3)C[C@H]21.O=C(O)C(F)(F)F. The monoisotopic (exact) mass is 432 g/mol. The van der Waals surface area contributed by atoms with Crippen LogP contribution >= 0.6 is 0 Å². The molecular formula is C20H27F3N2O5. The molecule has 3 aliphatic rings. The molecule has 4 rings (SSSR count). The van der Waals surface area contributed by atoms with E-state index in [1.807, 2.05) is 12.1 Å². The molecular weight excluding hydrogens is 405 g/mol. The molecule has 0 bridgehead atoms. The third-order valence-corrected chi connectivity index (χ3v) is 6.09. The molecule has 1 aliphatic carbocycles. The third kappa shape index (κ3) is 5.75. The number of alkyl halides is 3. The quantitative estimate of drug-likeness (QED) is 0.760. The van der Waals surface area contributed by atoms with Gasteiger partial charge in [0.15, 0.2) is 0 Å². The van der Waals surface area contributed by atoms with Gasteiger partial charge in [-0.25, -0.2) is 4.79 Å². The van der Waals surface area contributed by atoms with Gasteiger partial charge >= 0.3 is 12.1 Å². The number of amides is 1. The highest BCUT2D eigenvalue weighted by Crippen LogP contribution is 2.36. The zero-order valence-electron chi connectivity index (χ0n) is 16.6. The number of piperidine rings is 1. The van der Waals surface area contributed by atoms with Crippen LogP contribution < -0.4 is 5.32 Å². The van der Waals surface area contributed by atoms with E-state index >= 15 is 0 Å². The number of nitrogens with zero attached hydrogens (tertiary/aromatic N) is 1. The lowest BCUT2D eigenvalue weighted by Gasteiger charge is -2.48. The number of aliphatic carboxylic acids is 1.